The lowest BCUT2D eigenvalue weighted by molar-refractivity contribution is -0.146. The molecule has 1 N–H and O–H groups in total. The van der Waals surface area contributed by atoms with Crippen molar-refractivity contribution < 1.29 is 9.59 Å². The molecule has 1 aromatic heterocycles. The molecular weight excluding hydrogens is 278 g/mol. The Hall–Kier alpha value is -2.43. The van der Waals surface area contributed by atoms with Crippen molar-refractivity contribution in [3.05, 3.63) is 36.5 Å². The second kappa shape index (κ2) is 6.13. The van der Waals surface area contributed by atoms with E-state index >= 15 is 0 Å². The lowest BCUT2D eigenvalue weighted by atomic mass is 10.1. The molecule has 0 fully saturated rings. The summed E-state index contributed by atoms with van der Waals surface area (Å²) in [5.74, 6) is -1.18. The van der Waals surface area contributed by atoms with Crippen molar-refractivity contribution in [2.24, 2.45) is 0 Å². The van der Waals surface area contributed by atoms with Gasteiger partial charge in [-0.3, -0.25) is 14.6 Å². The topological polar surface area (TPSA) is 62.3 Å². The fourth-order valence-corrected chi connectivity index (χ4v) is 2.43. The van der Waals surface area contributed by atoms with Gasteiger partial charge in [0.25, 0.3) is 0 Å². The van der Waals surface area contributed by atoms with E-state index < -0.39 is 17.4 Å². The number of carbonyl (C=O) groups is 2. The molecular formula is C17H21N3O2. The molecule has 116 valence electrons. The maximum atomic E-state index is 12.4. The number of benzene rings is 1. The summed E-state index contributed by atoms with van der Waals surface area (Å²) in [7, 11) is 0. The van der Waals surface area contributed by atoms with Crippen molar-refractivity contribution in [2.45, 2.75) is 33.2 Å². The third kappa shape index (κ3) is 3.24. The zero-order valence-electron chi connectivity index (χ0n) is 13.4. The van der Waals surface area contributed by atoms with Crippen LogP contribution in [0.15, 0.2) is 36.5 Å². The quantitative estimate of drug-likeness (QED) is 0.867. The fraction of sp³-hybridized carbons (Fsp3) is 0.353. The van der Waals surface area contributed by atoms with Crippen molar-refractivity contribution in [3.63, 3.8) is 0 Å². The predicted octanol–water partition coefficient (Wildman–Crippen LogP) is 2.82. The summed E-state index contributed by atoms with van der Waals surface area (Å²) < 4.78 is 0. The molecule has 2 amide bonds. The molecule has 2 aromatic rings. The van der Waals surface area contributed by atoms with E-state index in [0.29, 0.717) is 17.7 Å². The van der Waals surface area contributed by atoms with Crippen LogP contribution in [0, 0.1) is 0 Å². The van der Waals surface area contributed by atoms with Crippen molar-refractivity contribution in [1.29, 1.82) is 0 Å². The Balaban J connectivity index is 2.26. The molecule has 5 nitrogen and oxygen atoms in total. The largest absolute Gasteiger partial charge is 0.330 e. The minimum Gasteiger partial charge on any atom is -0.330 e. The van der Waals surface area contributed by atoms with E-state index in [1.54, 1.807) is 17.2 Å². The van der Waals surface area contributed by atoms with Gasteiger partial charge in [-0.15, -0.1) is 0 Å². The van der Waals surface area contributed by atoms with Gasteiger partial charge in [0.1, 0.15) is 0 Å². The van der Waals surface area contributed by atoms with E-state index in [9.17, 15) is 9.59 Å². The van der Waals surface area contributed by atoms with Crippen LogP contribution in [0.25, 0.3) is 10.9 Å². The molecule has 0 aliphatic carbocycles. The zero-order chi connectivity index (χ0) is 16.3. The van der Waals surface area contributed by atoms with Crippen LogP contribution in [-0.4, -0.2) is 33.8 Å². The van der Waals surface area contributed by atoms with Crippen LogP contribution >= 0.6 is 0 Å². The summed E-state index contributed by atoms with van der Waals surface area (Å²) in [6.07, 6.45) is 1.66. The van der Waals surface area contributed by atoms with Gasteiger partial charge in [0.05, 0.1) is 11.2 Å². The molecule has 0 aliphatic rings. The third-order valence-corrected chi connectivity index (χ3v) is 3.45. The maximum Gasteiger partial charge on any atom is 0.313 e. The highest BCUT2D eigenvalue weighted by Crippen LogP contribution is 2.21. The number of fused-ring (bicyclic) bond motifs is 1. The summed E-state index contributed by atoms with van der Waals surface area (Å²) in [6, 6.07) is 9.22. The smallest absolute Gasteiger partial charge is 0.313 e. The Bertz CT molecular complexity index is 699. The van der Waals surface area contributed by atoms with E-state index in [1.165, 1.54) is 0 Å². The van der Waals surface area contributed by atoms with Crippen LogP contribution in [0.2, 0.25) is 0 Å². The van der Waals surface area contributed by atoms with Crippen LogP contribution in [0.1, 0.15) is 27.7 Å². The molecule has 0 atom stereocenters. The first kappa shape index (κ1) is 15.9. The summed E-state index contributed by atoms with van der Waals surface area (Å²) in [6.45, 7) is 8.04. The van der Waals surface area contributed by atoms with Gasteiger partial charge >= 0.3 is 11.8 Å². The normalized spacial score (nSPS) is 11.3. The van der Waals surface area contributed by atoms with Gasteiger partial charge in [0.15, 0.2) is 0 Å². The summed E-state index contributed by atoms with van der Waals surface area (Å²) in [5, 5.41) is 3.59. The van der Waals surface area contributed by atoms with Crippen molar-refractivity contribution in [1.82, 2.24) is 9.88 Å². The number of aromatic nitrogens is 1. The van der Waals surface area contributed by atoms with Gasteiger partial charge in [0.2, 0.25) is 0 Å². The molecule has 0 bridgehead atoms. The van der Waals surface area contributed by atoms with Crippen LogP contribution < -0.4 is 5.32 Å². The van der Waals surface area contributed by atoms with E-state index in [1.807, 2.05) is 52.0 Å². The first-order valence-electron chi connectivity index (χ1n) is 7.31. The second-order valence-electron chi connectivity index (χ2n) is 6.06. The van der Waals surface area contributed by atoms with Crippen LogP contribution in [0.4, 0.5) is 5.69 Å². The Morgan fingerprint density at radius 2 is 1.86 bits per heavy atom. The monoisotopic (exact) mass is 299 g/mol. The molecule has 5 heteroatoms. The molecule has 0 saturated heterocycles. The summed E-state index contributed by atoms with van der Waals surface area (Å²) >= 11 is 0. The lowest BCUT2D eigenvalue weighted by Gasteiger charge is -2.34. The third-order valence-electron chi connectivity index (χ3n) is 3.45. The fourth-order valence-electron chi connectivity index (χ4n) is 2.43. The van der Waals surface area contributed by atoms with Gasteiger partial charge < -0.3 is 10.2 Å². The molecule has 0 spiro atoms. The van der Waals surface area contributed by atoms with Crippen molar-refractivity contribution >= 4 is 28.4 Å². The molecule has 0 aliphatic heterocycles. The highest BCUT2D eigenvalue weighted by atomic mass is 16.2. The van der Waals surface area contributed by atoms with Crippen LogP contribution in [0.3, 0.4) is 0 Å². The summed E-state index contributed by atoms with van der Waals surface area (Å²) in [5.41, 5.74) is 0.812. The molecule has 1 aromatic carbocycles. The van der Waals surface area contributed by atoms with Crippen molar-refractivity contribution in [2.75, 3.05) is 11.9 Å². The number of carbonyl (C=O) groups excluding carboxylic acids is 2. The summed E-state index contributed by atoms with van der Waals surface area (Å²) in [4.78, 5) is 30.4. The highest BCUT2D eigenvalue weighted by molar-refractivity contribution is 6.40. The van der Waals surface area contributed by atoms with E-state index in [-0.39, 0.29) is 0 Å². The van der Waals surface area contributed by atoms with Crippen molar-refractivity contribution in [3.8, 4) is 0 Å². The first-order chi connectivity index (χ1) is 10.3. The Morgan fingerprint density at radius 1 is 1.18 bits per heavy atom. The standard InChI is InChI=1S/C17H21N3O2/c1-5-20(17(2,3)4)16(22)15(21)19-13-10-6-8-12-9-7-11-18-14(12)13/h6-11H,5H2,1-4H3,(H,19,21). The van der Waals surface area contributed by atoms with Crippen LogP contribution in [-0.2, 0) is 9.59 Å². The number of rotatable bonds is 2. The van der Waals surface area contributed by atoms with E-state index in [4.69, 9.17) is 0 Å². The number of nitrogens with zero attached hydrogens (tertiary/aromatic N) is 2. The Kier molecular flexibility index (Phi) is 4.45. The minimum absolute atomic E-state index is 0.403. The van der Waals surface area contributed by atoms with E-state index in [0.717, 1.165) is 5.39 Å². The lowest BCUT2D eigenvalue weighted by Crippen LogP contribution is -2.49. The van der Waals surface area contributed by atoms with Gasteiger partial charge in [-0.25, -0.2) is 0 Å². The maximum absolute atomic E-state index is 12.4. The van der Waals surface area contributed by atoms with Crippen LogP contribution in [0.5, 0.6) is 0 Å². The number of hydrogen-bond acceptors (Lipinski definition) is 3. The highest BCUT2D eigenvalue weighted by Gasteiger charge is 2.29. The molecule has 0 radical (unpaired) electrons. The number of hydrogen-bond donors (Lipinski definition) is 1. The number of nitrogens with one attached hydrogen (secondary N) is 1. The zero-order valence-corrected chi connectivity index (χ0v) is 13.4. The number of para-hydroxylation sites is 1. The SMILES string of the molecule is CCN(C(=O)C(=O)Nc1cccc2cccnc12)C(C)(C)C. The number of likely N-dealkylation sites (N-methyl/N-ethyl adjacent to an activating group) is 1. The minimum atomic E-state index is -0.644. The second-order valence-corrected chi connectivity index (χ2v) is 6.06. The Labute approximate surface area is 130 Å². The number of amides is 2. The molecule has 22 heavy (non-hydrogen) atoms. The van der Waals surface area contributed by atoms with Gasteiger partial charge in [-0.05, 0) is 39.8 Å². The van der Waals surface area contributed by atoms with Gasteiger partial charge in [-0.2, -0.15) is 0 Å². The first-order valence-corrected chi connectivity index (χ1v) is 7.31. The molecule has 0 unspecified atom stereocenters. The average molecular weight is 299 g/mol. The van der Waals surface area contributed by atoms with Gasteiger partial charge in [0, 0.05) is 23.7 Å². The molecule has 2 rings (SSSR count). The average Bonchev–Trinajstić information content (AvgIpc) is 2.46. The number of pyridine rings is 1. The Morgan fingerprint density at radius 3 is 2.50 bits per heavy atom. The van der Waals surface area contributed by atoms with Gasteiger partial charge in [-0.1, -0.05) is 18.2 Å². The van der Waals surface area contributed by atoms with E-state index in [2.05, 4.69) is 10.3 Å². The number of anilines is 1. The molecule has 1 heterocycles. The molecule has 0 saturated carbocycles. The predicted molar refractivity (Wildman–Crippen MR) is 87.5 cm³/mol.